The smallest absolute Gasteiger partial charge is 0.258 e. The second-order valence-electron chi connectivity index (χ2n) is 7.70. The Morgan fingerprint density at radius 3 is 2.76 bits per heavy atom. The van der Waals surface area contributed by atoms with E-state index in [1.807, 2.05) is 59.7 Å². The zero-order chi connectivity index (χ0) is 22.9. The van der Waals surface area contributed by atoms with Gasteiger partial charge in [0.1, 0.15) is 0 Å². The monoisotopic (exact) mass is 492 g/mol. The average Bonchev–Trinajstić information content (AvgIpc) is 3.51. The summed E-state index contributed by atoms with van der Waals surface area (Å²) in [5.41, 5.74) is 4.99. The molecule has 4 aromatic rings. The van der Waals surface area contributed by atoms with E-state index in [0.717, 1.165) is 33.8 Å². The Balaban J connectivity index is 1.67. The van der Waals surface area contributed by atoms with Crippen molar-refractivity contribution in [2.75, 3.05) is 4.90 Å². The molecule has 0 bridgehead atoms. The van der Waals surface area contributed by atoms with Crippen LogP contribution in [0.2, 0.25) is 5.02 Å². The molecule has 2 aromatic heterocycles. The number of nitrogens with one attached hydrogen (secondary N) is 1. The van der Waals surface area contributed by atoms with Crippen molar-refractivity contribution in [2.45, 2.75) is 26.3 Å². The van der Waals surface area contributed by atoms with Crippen LogP contribution >= 0.6 is 35.2 Å². The molecule has 2 aromatic carbocycles. The van der Waals surface area contributed by atoms with Gasteiger partial charge >= 0.3 is 0 Å². The first-order valence-corrected chi connectivity index (χ1v) is 12.3. The highest BCUT2D eigenvalue weighted by molar-refractivity contribution is 7.80. The van der Waals surface area contributed by atoms with Gasteiger partial charge < -0.3 is 9.84 Å². The molecule has 1 N–H and O–H groups in total. The van der Waals surface area contributed by atoms with Crippen LogP contribution in [0, 0.1) is 0 Å². The van der Waals surface area contributed by atoms with Gasteiger partial charge in [-0.3, -0.25) is 4.90 Å². The maximum Gasteiger partial charge on any atom is 0.258 e. The van der Waals surface area contributed by atoms with Crippen LogP contribution in [-0.4, -0.2) is 15.3 Å². The number of nitrogens with zero attached hydrogens (tertiary/aromatic N) is 3. The number of hydrogen-bond donors (Lipinski definition) is 1. The third-order valence-electron chi connectivity index (χ3n) is 5.64. The summed E-state index contributed by atoms with van der Waals surface area (Å²) in [4.78, 5) is 7.72. The van der Waals surface area contributed by atoms with Gasteiger partial charge in [0.25, 0.3) is 5.89 Å². The number of hydrogen-bond acceptors (Lipinski definition) is 5. The van der Waals surface area contributed by atoms with E-state index >= 15 is 0 Å². The maximum absolute atomic E-state index is 6.32. The third kappa shape index (κ3) is 4.19. The van der Waals surface area contributed by atoms with Crippen molar-refractivity contribution in [1.82, 2.24) is 15.5 Å². The lowest BCUT2D eigenvalue weighted by atomic mass is 9.94. The SMILES string of the molecule is CCc1cccc(N2C(=S)NC(c3cccc(Cl)c3)C(c3nc(-c4cccs4)no3)=C2C)c1. The van der Waals surface area contributed by atoms with Crippen LogP contribution in [0.15, 0.2) is 76.3 Å². The molecule has 0 saturated heterocycles. The summed E-state index contributed by atoms with van der Waals surface area (Å²) in [6, 6.07) is 19.8. The van der Waals surface area contributed by atoms with E-state index in [1.54, 1.807) is 11.3 Å². The number of rotatable bonds is 5. The van der Waals surface area contributed by atoms with Gasteiger partial charge in [0.05, 0.1) is 16.5 Å². The minimum Gasteiger partial charge on any atom is -0.351 e. The fourth-order valence-corrected chi connectivity index (χ4v) is 5.23. The van der Waals surface area contributed by atoms with E-state index < -0.39 is 0 Å². The number of anilines is 1. The Kier molecular flexibility index (Phi) is 6.01. The topological polar surface area (TPSA) is 54.2 Å². The number of allylic oxidation sites excluding steroid dienone is 1. The Morgan fingerprint density at radius 1 is 1.15 bits per heavy atom. The molecule has 1 aliphatic rings. The summed E-state index contributed by atoms with van der Waals surface area (Å²) in [5, 5.41) is 11.0. The van der Waals surface area contributed by atoms with E-state index in [9.17, 15) is 0 Å². The summed E-state index contributed by atoms with van der Waals surface area (Å²) in [6.45, 7) is 4.17. The highest BCUT2D eigenvalue weighted by Crippen LogP contribution is 2.40. The minimum atomic E-state index is -0.279. The Morgan fingerprint density at radius 2 is 2.00 bits per heavy atom. The molecule has 1 atom stereocenters. The van der Waals surface area contributed by atoms with Gasteiger partial charge in [0, 0.05) is 16.4 Å². The fourth-order valence-electron chi connectivity index (χ4n) is 4.02. The molecular formula is C25H21ClN4OS2. The van der Waals surface area contributed by atoms with Crippen LogP contribution in [0.5, 0.6) is 0 Å². The van der Waals surface area contributed by atoms with Crippen LogP contribution in [0.3, 0.4) is 0 Å². The number of aryl methyl sites for hydroxylation is 1. The van der Waals surface area contributed by atoms with Gasteiger partial charge in [-0.25, -0.2) is 0 Å². The molecule has 33 heavy (non-hydrogen) atoms. The molecule has 0 saturated carbocycles. The normalized spacial score (nSPS) is 16.3. The quantitative estimate of drug-likeness (QED) is 0.306. The van der Waals surface area contributed by atoms with Gasteiger partial charge in [-0.05, 0) is 72.4 Å². The van der Waals surface area contributed by atoms with E-state index in [4.69, 9.17) is 33.3 Å². The summed E-state index contributed by atoms with van der Waals surface area (Å²) < 4.78 is 5.79. The fraction of sp³-hybridized carbons (Fsp3) is 0.160. The lowest BCUT2D eigenvalue weighted by molar-refractivity contribution is 0.404. The van der Waals surface area contributed by atoms with Crippen molar-refractivity contribution in [3.05, 3.63) is 93.8 Å². The molecule has 0 aliphatic carbocycles. The van der Waals surface area contributed by atoms with Crippen molar-refractivity contribution in [2.24, 2.45) is 0 Å². The molecule has 5 nitrogen and oxygen atoms in total. The number of benzene rings is 2. The van der Waals surface area contributed by atoms with Crippen molar-refractivity contribution in [3.63, 3.8) is 0 Å². The Labute approximate surface area is 206 Å². The van der Waals surface area contributed by atoms with Crippen LogP contribution in [0.4, 0.5) is 5.69 Å². The third-order valence-corrected chi connectivity index (χ3v) is 7.04. The average molecular weight is 493 g/mol. The van der Waals surface area contributed by atoms with Gasteiger partial charge in [-0.2, -0.15) is 4.98 Å². The number of thiocarbonyl (C=S) groups is 1. The number of aromatic nitrogens is 2. The highest BCUT2D eigenvalue weighted by atomic mass is 35.5. The summed E-state index contributed by atoms with van der Waals surface area (Å²) in [5.74, 6) is 1.02. The first-order valence-electron chi connectivity index (χ1n) is 10.6. The Bertz CT molecular complexity index is 1350. The molecule has 0 radical (unpaired) electrons. The van der Waals surface area contributed by atoms with Crippen molar-refractivity contribution >= 4 is 51.5 Å². The predicted octanol–water partition coefficient (Wildman–Crippen LogP) is 6.88. The first-order chi connectivity index (χ1) is 16.0. The zero-order valence-corrected chi connectivity index (χ0v) is 20.5. The zero-order valence-electron chi connectivity index (χ0n) is 18.1. The van der Waals surface area contributed by atoms with Gasteiger partial charge in [-0.15, -0.1) is 11.3 Å². The molecule has 166 valence electrons. The lowest BCUT2D eigenvalue weighted by Crippen LogP contribution is -2.46. The molecular weight excluding hydrogens is 472 g/mol. The van der Waals surface area contributed by atoms with E-state index in [0.29, 0.717) is 21.9 Å². The molecule has 3 heterocycles. The van der Waals surface area contributed by atoms with Crippen LogP contribution in [0.25, 0.3) is 16.3 Å². The van der Waals surface area contributed by atoms with Crippen LogP contribution < -0.4 is 10.2 Å². The first kappa shape index (κ1) is 21.8. The molecule has 0 fully saturated rings. The maximum atomic E-state index is 6.32. The standard InChI is InChI=1S/C25H21ClN4OS2/c1-3-16-7-4-10-19(13-16)30-15(2)21(24-28-23(29-31-24)20-11-6-12-33-20)22(27-25(30)32)17-8-5-9-18(26)14-17/h4-14,22H,3H2,1-2H3,(H,27,32). The van der Waals surface area contributed by atoms with E-state index in [2.05, 4.69) is 35.6 Å². The van der Waals surface area contributed by atoms with Crippen molar-refractivity contribution < 1.29 is 4.52 Å². The molecule has 0 spiro atoms. The minimum absolute atomic E-state index is 0.279. The summed E-state index contributed by atoms with van der Waals surface area (Å²) in [6.07, 6.45) is 0.941. The van der Waals surface area contributed by atoms with Crippen LogP contribution in [-0.2, 0) is 6.42 Å². The summed E-state index contributed by atoms with van der Waals surface area (Å²) in [7, 11) is 0. The Hall–Kier alpha value is -3.00. The molecule has 5 rings (SSSR count). The van der Waals surface area contributed by atoms with Gasteiger partial charge in [0.15, 0.2) is 5.11 Å². The summed E-state index contributed by atoms with van der Waals surface area (Å²) >= 11 is 13.7. The van der Waals surface area contributed by atoms with Crippen molar-refractivity contribution in [3.8, 4) is 10.7 Å². The second-order valence-corrected chi connectivity index (χ2v) is 9.47. The molecule has 1 unspecified atom stereocenters. The van der Waals surface area contributed by atoms with Gasteiger partial charge in [0.2, 0.25) is 5.82 Å². The second kappa shape index (κ2) is 9.09. The van der Waals surface area contributed by atoms with E-state index in [1.165, 1.54) is 5.56 Å². The molecule has 8 heteroatoms. The highest BCUT2D eigenvalue weighted by Gasteiger charge is 2.35. The lowest BCUT2D eigenvalue weighted by Gasteiger charge is -2.37. The van der Waals surface area contributed by atoms with Crippen molar-refractivity contribution in [1.29, 1.82) is 0 Å². The number of halogens is 1. The largest absolute Gasteiger partial charge is 0.351 e. The predicted molar refractivity (Wildman–Crippen MR) is 138 cm³/mol. The number of thiophene rings is 1. The van der Waals surface area contributed by atoms with Gasteiger partial charge in [-0.1, -0.05) is 54.0 Å². The van der Waals surface area contributed by atoms with Crippen LogP contribution in [0.1, 0.15) is 36.9 Å². The van der Waals surface area contributed by atoms with E-state index in [-0.39, 0.29) is 6.04 Å². The molecule has 1 aliphatic heterocycles. The molecule has 0 amide bonds.